The SMILES string of the molecule is C=C(NCCOCCOCCOCCCCC)C(C)C. The molecule has 0 bridgehead atoms. The number of unbranched alkanes of at least 4 members (excludes halogenated alkanes) is 2. The van der Waals surface area contributed by atoms with Gasteiger partial charge in [0.05, 0.1) is 33.0 Å². The number of allylic oxidation sites excluding steroid dienone is 1. The van der Waals surface area contributed by atoms with Gasteiger partial charge in [0.15, 0.2) is 0 Å². The third-order valence-electron chi connectivity index (χ3n) is 2.93. The second kappa shape index (κ2) is 14.8. The van der Waals surface area contributed by atoms with Crippen molar-refractivity contribution in [1.82, 2.24) is 5.32 Å². The van der Waals surface area contributed by atoms with E-state index < -0.39 is 0 Å². The topological polar surface area (TPSA) is 39.7 Å². The molecule has 0 radical (unpaired) electrons. The maximum absolute atomic E-state index is 5.45. The van der Waals surface area contributed by atoms with Crippen LogP contribution in [0.1, 0.15) is 40.0 Å². The molecule has 0 atom stereocenters. The average molecular weight is 287 g/mol. The van der Waals surface area contributed by atoms with Crippen molar-refractivity contribution in [3.8, 4) is 0 Å². The third kappa shape index (κ3) is 13.8. The van der Waals surface area contributed by atoms with Crippen LogP contribution in [0.25, 0.3) is 0 Å². The minimum Gasteiger partial charge on any atom is -0.386 e. The standard InChI is InChI=1S/C16H33NO3/c1-5-6-7-9-18-11-13-20-14-12-19-10-8-17-16(4)15(2)3/h15,17H,4-14H2,1-3H3. The molecule has 0 heterocycles. The number of hydrogen-bond acceptors (Lipinski definition) is 4. The molecule has 0 rings (SSSR count). The van der Waals surface area contributed by atoms with Crippen LogP contribution in [-0.2, 0) is 14.2 Å². The molecule has 0 saturated carbocycles. The monoisotopic (exact) mass is 287 g/mol. The summed E-state index contributed by atoms with van der Waals surface area (Å²) in [7, 11) is 0. The number of nitrogens with one attached hydrogen (secondary N) is 1. The maximum atomic E-state index is 5.45. The van der Waals surface area contributed by atoms with Crippen LogP contribution >= 0.6 is 0 Å². The van der Waals surface area contributed by atoms with E-state index in [4.69, 9.17) is 14.2 Å². The summed E-state index contributed by atoms with van der Waals surface area (Å²) in [6.07, 6.45) is 3.62. The molecule has 4 heteroatoms. The lowest BCUT2D eigenvalue weighted by molar-refractivity contribution is 0.0147. The summed E-state index contributed by atoms with van der Waals surface area (Å²) < 4.78 is 16.3. The molecular formula is C16H33NO3. The molecule has 0 fully saturated rings. The van der Waals surface area contributed by atoms with Crippen molar-refractivity contribution < 1.29 is 14.2 Å². The van der Waals surface area contributed by atoms with Gasteiger partial charge in [0.25, 0.3) is 0 Å². The van der Waals surface area contributed by atoms with Crippen LogP contribution in [0.15, 0.2) is 12.3 Å². The summed E-state index contributed by atoms with van der Waals surface area (Å²) in [6.45, 7) is 15.3. The van der Waals surface area contributed by atoms with Crippen molar-refractivity contribution in [2.45, 2.75) is 40.0 Å². The van der Waals surface area contributed by atoms with E-state index in [0.717, 1.165) is 25.3 Å². The first-order valence-corrected chi connectivity index (χ1v) is 7.84. The summed E-state index contributed by atoms with van der Waals surface area (Å²) in [5.74, 6) is 0.468. The highest BCUT2D eigenvalue weighted by molar-refractivity contribution is 4.93. The first kappa shape index (κ1) is 19.4. The van der Waals surface area contributed by atoms with Crippen molar-refractivity contribution in [2.24, 2.45) is 5.92 Å². The van der Waals surface area contributed by atoms with Gasteiger partial charge >= 0.3 is 0 Å². The van der Waals surface area contributed by atoms with E-state index in [-0.39, 0.29) is 0 Å². The average Bonchev–Trinajstić information content (AvgIpc) is 2.43. The fraction of sp³-hybridized carbons (Fsp3) is 0.875. The second-order valence-electron chi connectivity index (χ2n) is 5.15. The Bertz CT molecular complexity index is 220. The number of hydrogen-bond donors (Lipinski definition) is 1. The molecule has 0 aliphatic heterocycles. The highest BCUT2D eigenvalue weighted by atomic mass is 16.5. The van der Waals surface area contributed by atoms with Gasteiger partial charge in [-0.1, -0.05) is 40.2 Å². The van der Waals surface area contributed by atoms with Gasteiger partial charge in [-0.3, -0.25) is 0 Å². The lowest BCUT2D eigenvalue weighted by Gasteiger charge is -2.12. The van der Waals surface area contributed by atoms with E-state index in [0.29, 0.717) is 39.0 Å². The van der Waals surface area contributed by atoms with Gasteiger partial charge in [-0.15, -0.1) is 0 Å². The number of rotatable bonds is 15. The predicted molar refractivity (Wildman–Crippen MR) is 84.0 cm³/mol. The minimum atomic E-state index is 0.468. The Hall–Kier alpha value is -0.580. The quantitative estimate of drug-likeness (QED) is 0.470. The fourth-order valence-corrected chi connectivity index (χ4v) is 1.48. The van der Waals surface area contributed by atoms with Crippen molar-refractivity contribution in [2.75, 3.05) is 46.2 Å². The van der Waals surface area contributed by atoms with E-state index >= 15 is 0 Å². The van der Waals surface area contributed by atoms with Crippen LogP contribution in [0, 0.1) is 5.92 Å². The van der Waals surface area contributed by atoms with Gasteiger partial charge in [-0.05, 0) is 12.3 Å². The summed E-state index contributed by atoms with van der Waals surface area (Å²) in [4.78, 5) is 0. The molecule has 0 aliphatic carbocycles. The fourth-order valence-electron chi connectivity index (χ4n) is 1.48. The molecule has 0 amide bonds. The molecule has 0 unspecified atom stereocenters. The molecule has 4 nitrogen and oxygen atoms in total. The lowest BCUT2D eigenvalue weighted by atomic mass is 10.1. The van der Waals surface area contributed by atoms with Gasteiger partial charge < -0.3 is 19.5 Å². The van der Waals surface area contributed by atoms with Crippen LogP contribution in [0.4, 0.5) is 0 Å². The molecule has 0 aromatic heterocycles. The normalized spacial score (nSPS) is 11.0. The smallest absolute Gasteiger partial charge is 0.0701 e. The van der Waals surface area contributed by atoms with Crippen molar-refractivity contribution >= 4 is 0 Å². The molecule has 1 N–H and O–H groups in total. The molecule has 120 valence electrons. The van der Waals surface area contributed by atoms with Crippen LogP contribution in [0.3, 0.4) is 0 Å². The summed E-state index contributed by atoms with van der Waals surface area (Å²) in [5, 5.41) is 3.24. The zero-order valence-corrected chi connectivity index (χ0v) is 13.6. The Morgan fingerprint density at radius 2 is 1.45 bits per heavy atom. The van der Waals surface area contributed by atoms with E-state index in [2.05, 4.69) is 32.7 Å². The van der Waals surface area contributed by atoms with Crippen molar-refractivity contribution in [3.05, 3.63) is 12.3 Å². The third-order valence-corrected chi connectivity index (χ3v) is 2.93. The van der Waals surface area contributed by atoms with Gasteiger partial charge in [0, 0.05) is 18.8 Å². The van der Waals surface area contributed by atoms with E-state index in [9.17, 15) is 0 Å². The summed E-state index contributed by atoms with van der Waals surface area (Å²) in [5.41, 5.74) is 1.06. The molecule has 20 heavy (non-hydrogen) atoms. The maximum Gasteiger partial charge on any atom is 0.0701 e. The number of ether oxygens (including phenoxy) is 3. The first-order chi connectivity index (χ1) is 9.68. The Morgan fingerprint density at radius 1 is 0.900 bits per heavy atom. The highest BCUT2D eigenvalue weighted by Gasteiger charge is 1.98. The largest absolute Gasteiger partial charge is 0.386 e. The highest BCUT2D eigenvalue weighted by Crippen LogP contribution is 2.00. The minimum absolute atomic E-state index is 0.468. The van der Waals surface area contributed by atoms with Crippen LogP contribution in [0.5, 0.6) is 0 Å². The van der Waals surface area contributed by atoms with Gasteiger partial charge in [0.1, 0.15) is 0 Å². The Kier molecular flexibility index (Phi) is 14.4. The second-order valence-corrected chi connectivity index (χ2v) is 5.15. The lowest BCUT2D eigenvalue weighted by Crippen LogP contribution is -2.22. The predicted octanol–water partition coefficient (Wildman–Crippen LogP) is 2.99. The molecule has 0 aromatic rings. The van der Waals surface area contributed by atoms with Gasteiger partial charge in [-0.2, -0.15) is 0 Å². The molecule has 0 aliphatic rings. The Balaban J connectivity index is 3.04. The summed E-state index contributed by atoms with van der Waals surface area (Å²) in [6, 6.07) is 0. The van der Waals surface area contributed by atoms with E-state index in [1.165, 1.54) is 12.8 Å². The zero-order valence-electron chi connectivity index (χ0n) is 13.6. The first-order valence-electron chi connectivity index (χ1n) is 7.84. The van der Waals surface area contributed by atoms with Crippen LogP contribution in [0.2, 0.25) is 0 Å². The zero-order chi connectivity index (χ0) is 15.1. The Labute approximate surface area is 124 Å². The molecule has 0 aromatic carbocycles. The van der Waals surface area contributed by atoms with E-state index in [1.807, 2.05) is 0 Å². The molecule has 0 spiro atoms. The van der Waals surface area contributed by atoms with Gasteiger partial charge in [-0.25, -0.2) is 0 Å². The van der Waals surface area contributed by atoms with E-state index in [1.54, 1.807) is 0 Å². The Morgan fingerprint density at radius 3 is 2.00 bits per heavy atom. The summed E-state index contributed by atoms with van der Waals surface area (Å²) >= 11 is 0. The van der Waals surface area contributed by atoms with Crippen LogP contribution in [-0.4, -0.2) is 46.2 Å². The van der Waals surface area contributed by atoms with Crippen molar-refractivity contribution in [3.63, 3.8) is 0 Å². The van der Waals surface area contributed by atoms with Crippen LogP contribution < -0.4 is 5.32 Å². The van der Waals surface area contributed by atoms with Gasteiger partial charge in [0.2, 0.25) is 0 Å². The molecular weight excluding hydrogens is 254 g/mol. The molecule has 0 saturated heterocycles. The van der Waals surface area contributed by atoms with Crippen molar-refractivity contribution in [1.29, 1.82) is 0 Å².